The Bertz CT molecular complexity index is 647. The van der Waals surface area contributed by atoms with Crippen LogP contribution < -0.4 is 5.32 Å². The van der Waals surface area contributed by atoms with E-state index in [1.165, 1.54) is 11.6 Å². The molecule has 1 atom stereocenters. The molecular formula is C13H14F3N5OS. The Morgan fingerprint density at radius 1 is 1.35 bits per heavy atom. The van der Waals surface area contributed by atoms with Crippen molar-refractivity contribution in [3.05, 3.63) is 36.2 Å². The molecular weight excluding hydrogens is 331 g/mol. The number of para-hydroxylation sites is 1. The van der Waals surface area contributed by atoms with Crippen molar-refractivity contribution < 1.29 is 18.0 Å². The lowest BCUT2D eigenvalue weighted by Crippen LogP contribution is -2.38. The zero-order valence-electron chi connectivity index (χ0n) is 12.1. The van der Waals surface area contributed by atoms with Gasteiger partial charge in [0, 0.05) is 0 Å². The lowest BCUT2D eigenvalue weighted by molar-refractivity contribution is -0.137. The van der Waals surface area contributed by atoms with Crippen LogP contribution in [0.5, 0.6) is 0 Å². The van der Waals surface area contributed by atoms with Crippen molar-refractivity contribution >= 4 is 17.7 Å². The molecule has 0 aliphatic heterocycles. The normalized spacial score (nSPS) is 12.9. The molecule has 0 aliphatic carbocycles. The minimum absolute atomic E-state index is 0.294. The van der Waals surface area contributed by atoms with Gasteiger partial charge in [0.1, 0.15) is 6.54 Å². The second-order valence-corrected chi connectivity index (χ2v) is 5.96. The van der Waals surface area contributed by atoms with E-state index >= 15 is 0 Å². The number of hydrogen-bond acceptors (Lipinski definition) is 5. The number of benzene rings is 1. The molecule has 2 rings (SSSR count). The highest BCUT2D eigenvalue weighted by molar-refractivity contribution is 7.99. The number of thioether (sulfide) groups is 1. The molecule has 0 saturated heterocycles. The first-order valence-electron chi connectivity index (χ1n) is 6.65. The maximum Gasteiger partial charge on any atom is 0.405 e. The van der Waals surface area contributed by atoms with Gasteiger partial charge in [-0.2, -0.15) is 17.9 Å². The molecule has 0 aliphatic rings. The predicted molar refractivity (Wildman–Crippen MR) is 79.0 cm³/mol. The minimum atomic E-state index is -4.42. The van der Waals surface area contributed by atoms with E-state index in [9.17, 15) is 18.0 Å². The molecule has 1 aromatic carbocycles. The fourth-order valence-electron chi connectivity index (χ4n) is 1.67. The average Bonchev–Trinajstić information content (AvgIpc) is 2.99. The van der Waals surface area contributed by atoms with E-state index in [1.807, 2.05) is 35.6 Å². The number of nitrogens with one attached hydrogen (secondary N) is 1. The maximum absolute atomic E-state index is 12.1. The summed E-state index contributed by atoms with van der Waals surface area (Å²) in [6.07, 6.45) is -4.42. The maximum atomic E-state index is 12.1. The zero-order chi connectivity index (χ0) is 16.9. The van der Waals surface area contributed by atoms with Crippen LogP contribution in [0.1, 0.15) is 12.7 Å². The van der Waals surface area contributed by atoms with Gasteiger partial charge in [-0.1, -0.05) is 18.2 Å². The Labute approximate surface area is 134 Å². The Hall–Kier alpha value is -2.10. The predicted octanol–water partition coefficient (Wildman–Crippen LogP) is 1.96. The second-order valence-electron chi connectivity index (χ2n) is 4.63. The van der Waals surface area contributed by atoms with Crippen molar-refractivity contribution in [2.75, 3.05) is 6.54 Å². The summed E-state index contributed by atoms with van der Waals surface area (Å²) in [5.74, 6) is 0.130. The van der Waals surface area contributed by atoms with Crippen LogP contribution in [0.4, 0.5) is 13.2 Å². The van der Waals surface area contributed by atoms with Gasteiger partial charge in [-0.3, -0.25) is 4.79 Å². The molecule has 1 N–H and O–H groups in total. The Morgan fingerprint density at radius 2 is 2.04 bits per heavy atom. The lowest BCUT2D eigenvalue weighted by Gasteiger charge is -2.13. The number of alkyl halides is 3. The van der Waals surface area contributed by atoms with E-state index in [0.29, 0.717) is 11.6 Å². The van der Waals surface area contributed by atoms with Gasteiger partial charge in [-0.15, -0.1) is 16.9 Å². The highest BCUT2D eigenvalue weighted by Gasteiger charge is 2.28. The van der Waals surface area contributed by atoms with Crippen molar-refractivity contribution in [1.82, 2.24) is 25.5 Å². The summed E-state index contributed by atoms with van der Waals surface area (Å²) >= 11 is 1.16. The highest BCUT2D eigenvalue weighted by Crippen LogP contribution is 2.19. The number of carbonyl (C=O) groups is 1. The highest BCUT2D eigenvalue weighted by atomic mass is 32.2. The molecule has 1 aromatic heterocycles. The van der Waals surface area contributed by atoms with Gasteiger partial charge >= 0.3 is 6.18 Å². The quantitative estimate of drug-likeness (QED) is 0.866. The molecule has 0 saturated carbocycles. The summed E-state index contributed by atoms with van der Waals surface area (Å²) in [4.78, 5) is 11.6. The third kappa shape index (κ3) is 5.23. The van der Waals surface area contributed by atoms with Crippen LogP contribution >= 0.6 is 11.8 Å². The number of amides is 1. The number of tetrazole rings is 1. The average molecular weight is 345 g/mol. The molecule has 0 bridgehead atoms. The number of halogens is 3. The summed E-state index contributed by atoms with van der Waals surface area (Å²) < 4.78 is 37.8. The molecule has 124 valence electrons. The fraction of sp³-hybridized carbons (Fsp3) is 0.385. The van der Waals surface area contributed by atoms with E-state index in [2.05, 4.69) is 15.5 Å². The van der Waals surface area contributed by atoms with E-state index < -0.39 is 23.9 Å². The Kier molecular flexibility index (Phi) is 5.59. The second kappa shape index (κ2) is 7.44. The van der Waals surface area contributed by atoms with Crippen LogP contribution in [0.2, 0.25) is 0 Å². The number of nitrogens with zero attached hydrogens (tertiary/aromatic N) is 4. The van der Waals surface area contributed by atoms with Crippen LogP contribution in [-0.4, -0.2) is 44.1 Å². The van der Waals surface area contributed by atoms with Crippen molar-refractivity contribution in [2.24, 2.45) is 0 Å². The van der Waals surface area contributed by atoms with Gasteiger partial charge in [0.25, 0.3) is 0 Å². The van der Waals surface area contributed by atoms with E-state index in [-0.39, 0.29) is 0 Å². The van der Waals surface area contributed by atoms with Crippen LogP contribution in [0.25, 0.3) is 5.69 Å². The molecule has 1 unspecified atom stereocenters. The van der Waals surface area contributed by atoms with Gasteiger partial charge < -0.3 is 5.32 Å². The third-order valence-corrected chi connectivity index (χ3v) is 3.97. The van der Waals surface area contributed by atoms with Crippen LogP contribution in [0, 0.1) is 0 Å². The van der Waals surface area contributed by atoms with Crippen molar-refractivity contribution in [3.8, 4) is 5.69 Å². The topological polar surface area (TPSA) is 72.7 Å². The van der Waals surface area contributed by atoms with Crippen LogP contribution in [0.3, 0.4) is 0 Å². The van der Waals surface area contributed by atoms with E-state index in [0.717, 1.165) is 17.4 Å². The number of carbonyl (C=O) groups excluding carboxylic acids is 1. The molecule has 23 heavy (non-hydrogen) atoms. The Morgan fingerprint density at radius 3 is 2.70 bits per heavy atom. The Balaban J connectivity index is 1.92. The molecule has 1 heterocycles. The van der Waals surface area contributed by atoms with Gasteiger partial charge in [-0.25, -0.2) is 0 Å². The molecule has 10 heteroatoms. The van der Waals surface area contributed by atoms with Crippen molar-refractivity contribution in [1.29, 1.82) is 0 Å². The van der Waals surface area contributed by atoms with Crippen LogP contribution in [0.15, 0.2) is 30.3 Å². The van der Waals surface area contributed by atoms with Crippen LogP contribution in [-0.2, 0) is 10.5 Å². The number of hydrogen-bond donors (Lipinski definition) is 1. The molecule has 0 radical (unpaired) electrons. The molecule has 0 fully saturated rings. The smallest absolute Gasteiger partial charge is 0.346 e. The summed E-state index contributed by atoms with van der Waals surface area (Å²) in [5.41, 5.74) is 0.766. The van der Waals surface area contributed by atoms with E-state index in [1.54, 1.807) is 0 Å². The lowest BCUT2D eigenvalue weighted by atomic mass is 10.3. The first-order valence-corrected chi connectivity index (χ1v) is 7.70. The minimum Gasteiger partial charge on any atom is -0.346 e. The standard InChI is InChI=1S/C13H14F3N5OS/c1-9(12(22)17-8-13(14,15)16)23-7-11-18-19-20-21(11)10-5-3-2-4-6-10/h2-6,9H,7-8H2,1H3,(H,17,22). The third-order valence-electron chi connectivity index (χ3n) is 2.83. The zero-order valence-corrected chi connectivity index (χ0v) is 12.9. The molecule has 0 spiro atoms. The number of rotatable bonds is 6. The monoisotopic (exact) mass is 345 g/mol. The van der Waals surface area contributed by atoms with Gasteiger partial charge in [0.05, 0.1) is 16.7 Å². The summed E-state index contributed by atoms with van der Waals surface area (Å²) in [5, 5.41) is 12.5. The first-order chi connectivity index (χ1) is 10.9. The summed E-state index contributed by atoms with van der Waals surface area (Å²) in [6, 6.07) is 9.17. The molecule has 6 nitrogen and oxygen atoms in total. The first kappa shape index (κ1) is 17.3. The number of aromatic nitrogens is 4. The van der Waals surface area contributed by atoms with Gasteiger partial charge in [0.15, 0.2) is 5.82 Å². The molecule has 1 amide bonds. The van der Waals surface area contributed by atoms with E-state index in [4.69, 9.17) is 0 Å². The van der Waals surface area contributed by atoms with Gasteiger partial charge in [-0.05, 0) is 29.5 Å². The summed E-state index contributed by atoms with van der Waals surface area (Å²) in [7, 11) is 0. The van der Waals surface area contributed by atoms with Gasteiger partial charge in [0.2, 0.25) is 5.91 Å². The molecule has 2 aromatic rings. The van der Waals surface area contributed by atoms with Crippen molar-refractivity contribution in [2.45, 2.75) is 24.1 Å². The largest absolute Gasteiger partial charge is 0.405 e. The SMILES string of the molecule is CC(SCc1nnnn1-c1ccccc1)C(=O)NCC(F)(F)F. The fourth-order valence-corrected chi connectivity index (χ4v) is 2.49. The summed E-state index contributed by atoms with van der Waals surface area (Å²) in [6.45, 7) is 0.200. The van der Waals surface area contributed by atoms with Crippen molar-refractivity contribution in [3.63, 3.8) is 0 Å².